The second kappa shape index (κ2) is 9.02. The van der Waals surface area contributed by atoms with Crippen molar-refractivity contribution in [1.29, 1.82) is 0 Å². The van der Waals surface area contributed by atoms with Crippen molar-refractivity contribution in [2.75, 3.05) is 26.2 Å². The van der Waals surface area contributed by atoms with E-state index in [-0.39, 0.29) is 12.1 Å². The zero-order valence-corrected chi connectivity index (χ0v) is 15.7. The molecular formula is C20H27N3OS. The number of thiophene rings is 1. The summed E-state index contributed by atoms with van der Waals surface area (Å²) in [5.41, 5.74) is 2.70. The summed E-state index contributed by atoms with van der Waals surface area (Å²) in [5, 5.41) is 7.47. The van der Waals surface area contributed by atoms with E-state index in [0.29, 0.717) is 0 Å². The van der Waals surface area contributed by atoms with Crippen molar-refractivity contribution in [3.8, 4) is 0 Å². The molecule has 0 bridgehead atoms. The Morgan fingerprint density at radius 1 is 1.12 bits per heavy atom. The molecule has 1 saturated heterocycles. The van der Waals surface area contributed by atoms with Crippen molar-refractivity contribution in [2.24, 2.45) is 0 Å². The number of amides is 2. The molecule has 25 heavy (non-hydrogen) atoms. The third kappa shape index (κ3) is 5.58. The molecule has 2 heterocycles. The number of aryl methyl sites for hydroxylation is 1. The van der Waals surface area contributed by atoms with Crippen molar-refractivity contribution in [3.63, 3.8) is 0 Å². The lowest BCUT2D eigenvalue weighted by atomic mass is 10.1. The van der Waals surface area contributed by atoms with Gasteiger partial charge in [0.2, 0.25) is 0 Å². The molecule has 0 aliphatic carbocycles. The number of rotatable bonds is 6. The third-order valence-electron chi connectivity index (χ3n) is 4.72. The van der Waals surface area contributed by atoms with Crippen molar-refractivity contribution < 1.29 is 4.79 Å². The van der Waals surface area contributed by atoms with Gasteiger partial charge in [-0.25, -0.2) is 4.79 Å². The number of benzene rings is 1. The molecule has 2 amide bonds. The van der Waals surface area contributed by atoms with Crippen LogP contribution in [0.25, 0.3) is 0 Å². The maximum Gasteiger partial charge on any atom is 0.317 e. The zero-order chi connectivity index (χ0) is 17.5. The van der Waals surface area contributed by atoms with E-state index < -0.39 is 0 Å². The molecule has 3 rings (SSSR count). The highest BCUT2D eigenvalue weighted by atomic mass is 32.1. The Bertz CT molecular complexity index is 636. The monoisotopic (exact) mass is 357 g/mol. The minimum Gasteiger partial charge on any atom is -0.336 e. The summed E-state index contributed by atoms with van der Waals surface area (Å²) in [6.45, 7) is 6.59. The lowest BCUT2D eigenvalue weighted by Gasteiger charge is -2.35. The summed E-state index contributed by atoms with van der Waals surface area (Å²) >= 11 is 1.74. The molecule has 0 spiro atoms. The average molecular weight is 358 g/mol. The molecule has 0 radical (unpaired) electrons. The Morgan fingerprint density at radius 3 is 2.56 bits per heavy atom. The van der Waals surface area contributed by atoms with Gasteiger partial charge in [-0.3, -0.25) is 4.90 Å². The minimum atomic E-state index is 0.0794. The maximum atomic E-state index is 12.4. The summed E-state index contributed by atoms with van der Waals surface area (Å²) in [6.07, 6.45) is 1.96. The smallest absolute Gasteiger partial charge is 0.317 e. The van der Waals surface area contributed by atoms with Gasteiger partial charge in [0.1, 0.15) is 0 Å². The predicted octanol–water partition coefficient (Wildman–Crippen LogP) is 3.60. The fraction of sp³-hybridized carbons (Fsp3) is 0.450. The summed E-state index contributed by atoms with van der Waals surface area (Å²) in [4.78, 5) is 16.8. The minimum absolute atomic E-state index is 0.0794. The van der Waals surface area contributed by atoms with Crippen molar-refractivity contribution in [1.82, 2.24) is 15.1 Å². The quantitative estimate of drug-likeness (QED) is 0.857. The molecule has 4 nitrogen and oxygen atoms in total. The van der Waals surface area contributed by atoms with E-state index in [2.05, 4.69) is 58.2 Å². The Balaban J connectivity index is 1.37. The fourth-order valence-electron chi connectivity index (χ4n) is 3.15. The second-order valence-corrected chi connectivity index (χ2v) is 7.55. The van der Waals surface area contributed by atoms with Crippen LogP contribution in [0, 0.1) is 0 Å². The fourth-order valence-corrected chi connectivity index (χ4v) is 3.81. The number of carbonyl (C=O) groups excluding carboxylic acids is 1. The van der Waals surface area contributed by atoms with E-state index in [4.69, 9.17) is 0 Å². The van der Waals surface area contributed by atoms with Crippen LogP contribution < -0.4 is 5.32 Å². The Kier molecular flexibility index (Phi) is 6.48. The molecular weight excluding hydrogens is 330 g/mol. The lowest BCUT2D eigenvalue weighted by Crippen LogP contribution is -2.52. The van der Waals surface area contributed by atoms with Crippen LogP contribution in [0.5, 0.6) is 0 Å². The second-order valence-electron chi connectivity index (χ2n) is 6.77. The van der Waals surface area contributed by atoms with E-state index in [1.165, 1.54) is 11.1 Å². The SMILES string of the molecule is CC(CCc1ccccc1)NC(=O)N1CCN(Cc2ccsc2)CC1. The molecule has 1 aromatic heterocycles. The van der Waals surface area contributed by atoms with Crippen LogP contribution in [-0.2, 0) is 13.0 Å². The number of hydrogen-bond donors (Lipinski definition) is 1. The van der Waals surface area contributed by atoms with Crippen LogP contribution in [0.3, 0.4) is 0 Å². The van der Waals surface area contributed by atoms with Crippen LogP contribution in [0.4, 0.5) is 4.79 Å². The first-order valence-corrected chi connectivity index (χ1v) is 9.98. The predicted molar refractivity (Wildman–Crippen MR) is 104 cm³/mol. The van der Waals surface area contributed by atoms with E-state index in [1.54, 1.807) is 11.3 Å². The number of urea groups is 1. The standard InChI is InChI=1S/C20H27N3OS/c1-17(7-8-18-5-3-2-4-6-18)21-20(24)23-12-10-22(11-13-23)15-19-9-14-25-16-19/h2-6,9,14,16-17H,7-8,10-13,15H2,1H3,(H,21,24). The Hall–Kier alpha value is -1.85. The normalized spacial score (nSPS) is 16.6. The number of nitrogens with one attached hydrogen (secondary N) is 1. The summed E-state index contributed by atoms with van der Waals surface area (Å²) in [6, 6.07) is 12.9. The van der Waals surface area contributed by atoms with Gasteiger partial charge >= 0.3 is 6.03 Å². The van der Waals surface area contributed by atoms with Gasteiger partial charge in [0.15, 0.2) is 0 Å². The highest BCUT2D eigenvalue weighted by Crippen LogP contribution is 2.12. The first-order chi connectivity index (χ1) is 12.2. The molecule has 1 aromatic carbocycles. The van der Waals surface area contributed by atoms with Gasteiger partial charge in [0.25, 0.3) is 0 Å². The molecule has 0 saturated carbocycles. The molecule has 1 fully saturated rings. The van der Waals surface area contributed by atoms with Gasteiger partial charge in [-0.15, -0.1) is 0 Å². The van der Waals surface area contributed by atoms with E-state index >= 15 is 0 Å². The Labute approximate surface area is 154 Å². The summed E-state index contributed by atoms with van der Waals surface area (Å²) in [7, 11) is 0. The molecule has 5 heteroatoms. The van der Waals surface area contributed by atoms with Crippen LogP contribution >= 0.6 is 11.3 Å². The highest BCUT2D eigenvalue weighted by Gasteiger charge is 2.22. The van der Waals surface area contributed by atoms with Crippen LogP contribution in [0.2, 0.25) is 0 Å². The van der Waals surface area contributed by atoms with Crippen LogP contribution in [-0.4, -0.2) is 48.1 Å². The highest BCUT2D eigenvalue weighted by molar-refractivity contribution is 7.07. The van der Waals surface area contributed by atoms with Gasteiger partial charge in [-0.05, 0) is 47.7 Å². The largest absolute Gasteiger partial charge is 0.336 e. The van der Waals surface area contributed by atoms with E-state index in [9.17, 15) is 4.79 Å². The van der Waals surface area contributed by atoms with Crippen molar-refractivity contribution in [3.05, 3.63) is 58.3 Å². The van der Waals surface area contributed by atoms with Gasteiger partial charge in [-0.2, -0.15) is 11.3 Å². The Morgan fingerprint density at radius 2 is 1.88 bits per heavy atom. The molecule has 134 valence electrons. The summed E-state index contributed by atoms with van der Waals surface area (Å²) in [5.74, 6) is 0. The average Bonchev–Trinajstić information content (AvgIpc) is 3.14. The number of hydrogen-bond acceptors (Lipinski definition) is 3. The van der Waals surface area contributed by atoms with Gasteiger partial charge in [0.05, 0.1) is 0 Å². The molecule has 2 aromatic rings. The number of piperazine rings is 1. The van der Waals surface area contributed by atoms with Crippen molar-refractivity contribution in [2.45, 2.75) is 32.4 Å². The first kappa shape index (κ1) is 18.0. The number of carbonyl (C=O) groups is 1. The zero-order valence-electron chi connectivity index (χ0n) is 14.9. The molecule has 1 aliphatic heterocycles. The molecule has 1 aliphatic rings. The third-order valence-corrected chi connectivity index (χ3v) is 5.46. The van der Waals surface area contributed by atoms with Gasteiger partial charge in [-0.1, -0.05) is 30.3 Å². The van der Waals surface area contributed by atoms with Gasteiger partial charge < -0.3 is 10.2 Å². The van der Waals surface area contributed by atoms with Crippen LogP contribution in [0.1, 0.15) is 24.5 Å². The maximum absolute atomic E-state index is 12.4. The molecule has 1 unspecified atom stereocenters. The molecule has 1 N–H and O–H groups in total. The van der Waals surface area contributed by atoms with Crippen molar-refractivity contribution >= 4 is 17.4 Å². The lowest BCUT2D eigenvalue weighted by molar-refractivity contribution is 0.133. The number of nitrogens with zero attached hydrogens (tertiary/aromatic N) is 2. The summed E-state index contributed by atoms with van der Waals surface area (Å²) < 4.78 is 0. The molecule has 1 atom stereocenters. The van der Waals surface area contributed by atoms with Crippen LogP contribution in [0.15, 0.2) is 47.2 Å². The first-order valence-electron chi connectivity index (χ1n) is 9.03. The van der Waals surface area contributed by atoms with E-state index in [1.807, 2.05) is 11.0 Å². The topological polar surface area (TPSA) is 35.6 Å². The van der Waals surface area contributed by atoms with E-state index in [0.717, 1.165) is 45.6 Å². The van der Waals surface area contributed by atoms with Gasteiger partial charge in [0, 0.05) is 38.8 Å².